The Balaban J connectivity index is 1.73. The molecule has 2 aromatic heterocycles. The second kappa shape index (κ2) is 7.56. The van der Waals surface area contributed by atoms with Crippen molar-refractivity contribution < 1.29 is 14.1 Å². The van der Waals surface area contributed by atoms with Gasteiger partial charge in [0.15, 0.2) is 5.76 Å². The highest BCUT2D eigenvalue weighted by Gasteiger charge is 2.25. The molecule has 6 nitrogen and oxygen atoms in total. The topological polar surface area (TPSA) is 68.5 Å². The highest BCUT2D eigenvalue weighted by Crippen LogP contribution is 2.28. The van der Waals surface area contributed by atoms with E-state index in [1.165, 1.54) is 12.8 Å². The highest BCUT2D eigenvalue weighted by molar-refractivity contribution is 9.10. The predicted octanol–water partition coefficient (Wildman–Crippen LogP) is 4.63. The minimum absolute atomic E-state index is 0.122. The van der Waals surface area contributed by atoms with Gasteiger partial charge in [0.25, 0.3) is 0 Å². The SMILES string of the molecule is Cc1nc(-c2onc(C)c2COC(=O)N(C)C2CCCC2)ccc1Br. The van der Waals surface area contributed by atoms with E-state index in [2.05, 4.69) is 26.1 Å². The van der Waals surface area contributed by atoms with Gasteiger partial charge in [-0.3, -0.25) is 0 Å². The van der Waals surface area contributed by atoms with Crippen molar-refractivity contribution in [3.05, 3.63) is 33.6 Å². The number of hydrogen-bond acceptors (Lipinski definition) is 5. The molecule has 25 heavy (non-hydrogen) atoms. The Morgan fingerprint density at radius 1 is 1.32 bits per heavy atom. The average molecular weight is 408 g/mol. The van der Waals surface area contributed by atoms with Crippen LogP contribution in [0.1, 0.15) is 42.6 Å². The van der Waals surface area contributed by atoms with Crippen molar-refractivity contribution in [2.75, 3.05) is 7.05 Å². The van der Waals surface area contributed by atoms with Crippen LogP contribution in [0.4, 0.5) is 4.79 Å². The fraction of sp³-hybridized carbons (Fsp3) is 0.500. The molecular weight excluding hydrogens is 386 g/mol. The quantitative estimate of drug-likeness (QED) is 0.738. The maximum Gasteiger partial charge on any atom is 0.410 e. The van der Waals surface area contributed by atoms with Crippen LogP contribution in [-0.4, -0.2) is 34.2 Å². The number of pyridine rings is 1. The first-order valence-electron chi connectivity index (χ1n) is 8.45. The molecule has 0 aromatic carbocycles. The summed E-state index contributed by atoms with van der Waals surface area (Å²) in [5.41, 5.74) is 2.99. The zero-order valence-electron chi connectivity index (χ0n) is 14.7. The van der Waals surface area contributed by atoms with Crippen LogP contribution >= 0.6 is 15.9 Å². The summed E-state index contributed by atoms with van der Waals surface area (Å²) in [5, 5.41) is 4.01. The van der Waals surface area contributed by atoms with Gasteiger partial charge in [-0.25, -0.2) is 9.78 Å². The van der Waals surface area contributed by atoms with Crippen molar-refractivity contribution in [3.8, 4) is 11.5 Å². The van der Waals surface area contributed by atoms with E-state index < -0.39 is 0 Å². The van der Waals surface area contributed by atoms with Crippen LogP contribution < -0.4 is 0 Å². The van der Waals surface area contributed by atoms with Crippen LogP contribution in [0.25, 0.3) is 11.5 Å². The Hall–Kier alpha value is -1.89. The molecule has 1 fully saturated rings. The number of amides is 1. The smallest absolute Gasteiger partial charge is 0.410 e. The summed E-state index contributed by atoms with van der Waals surface area (Å²) in [5.74, 6) is 0.546. The van der Waals surface area contributed by atoms with Gasteiger partial charge in [-0.05, 0) is 54.8 Å². The summed E-state index contributed by atoms with van der Waals surface area (Å²) >= 11 is 3.44. The van der Waals surface area contributed by atoms with Gasteiger partial charge in [0, 0.05) is 17.6 Å². The van der Waals surface area contributed by atoms with Crippen molar-refractivity contribution in [3.63, 3.8) is 0 Å². The number of hydrogen-bond donors (Lipinski definition) is 0. The second-order valence-electron chi connectivity index (χ2n) is 6.44. The molecule has 7 heteroatoms. The highest BCUT2D eigenvalue weighted by atomic mass is 79.9. The van der Waals surface area contributed by atoms with Gasteiger partial charge in [0.1, 0.15) is 12.3 Å². The van der Waals surface area contributed by atoms with Crippen LogP contribution in [0.5, 0.6) is 0 Å². The number of ether oxygens (including phenoxy) is 1. The molecule has 3 rings (SSSR count). The molecule has 1 aliphatic carbocycles. The Morgan fingerprint density at radius 3 is 2.72 bits per heavy atom. The van der Waals surface area contributed by atoms with Crippen molar-refractivity contribution in [2.45, 2.75) is 52.2 Å². The summed E-state index contributed by atoms with van der Waals surface area (Å²) in [6.45, 7) is 3.87. The maximum absolute atomic E-state index is 12.3. The standard InChI is InChI=1S/C18H22BrN3O3/c1-11-14(10-24-18(23)22(3)13-6-4-5-7-13)17(25-21-11)16-9-8-15(19)12(2)20-16/h8-9,13H,4-7,10H2,1-3H3. The molecule has 0 N–H and O–H groups in total. The van der Waals surface area contributed by atoms with Crippen molar-refractivity contribution in [1.29, 1.82) is 0 Å². The fourth-order valence-corrected chi connectivity index (χ4v) is 3.33. The Morgan fingerprint density at radius 2 is 2.04 bits per heavy atom. The summed E-state index contributed by atoms with van der Waals surface area (Å²) < 4.78 is 11.9. The number of carbonyl (C=O) groups excluding carboxylic acids is 1. The van der Waals surface area contributed by atoms with E-state index >= 15 is 0 Å². The second-order valence-corrected chi connectivity index (χ2v) is 7.30. The van der Waals surface area contributed by atoms with Gasteiger partial charge < -0.3 is 14.2 Å². The van der Waals surface area contributed by atoms with Crippen LogP contribution in [0.15, 0.2) is 21.1 Å². The maximum atomic E-state index is 12.3. The third-order valence-electron chi connectivity index (χ3n) is 4.74. The van der Waals surface area contributed by atoms with E-state index in [9.17, 15) is 4.79 Å². The van der Waals surface area contributed by atoms with E-state index in [0.29, 0.717) is 17.1 Å². The first-order valence-corrected chi connectivity index (χ1v) is 9.25. The van der Waals surface area contributed by atoms with Crippen LogP contribution in [-0.2, 0) is 11.3 Å². The number of rotatable bonds is 4. The van der Waals surface area contributed by atoms with Crippen molar-refractivity contribution in [2.24, 2.45) is 0 Å². The zero-order valence-corrected chi connectivity index (χ0v) is 16.3. The molecule has 0 aliphatic heterocycles. The number of aromatic nitrogens is 2. The fourth-order valence-electron chi connectivity index (χ4n) is 3.11. The Labute approximate surface area is 155 Å². The number of nitrogens with zero attached hydrogens (tertiary/aromatic N) is 3. The lowest BCUT2D eigenvalue weighted by atomic mass is 10.1. The molecule has 134 valence electrons. The molecule has 1 aliphatic rings. The van der Waals surface area contributed by atoms with E-state index in [1.807, 2.05) is 26.0 Å². The normalized spacial score (nSPS) is 14.7. The third-order valence-corrected chi connectivity index (χ3v) is 5.58. The Bertz CT molecular complexity index is 769. The first-order chi connectivity index (χ1) is 12.0. The molecule has 1 saturated carbocycles. The average Bonchev–Trinajstić information content (AvgIpc) is 3.24. The molecule has 2 heterocycles. The molecule has 0 bridgehead atoms. The van der Waals surface area contributed by atoms with Gasteiger partial charge in [-0.2, -0.15) is 0 Å². The minimum atomic E-state index is -0.307. The summed E-state index contributed by atoms with van der Waals surface area (Å²) in [7, 11) is 1.80. The zero-order chi connectivity index (χ0) is 18.0. The summed E-state index contributed by atoms with van der Waals surface area (Å²) in [4.78, 5) is 18.5. The number of aryl methyl sites for hydroxylation is 2. The van der Waals surface area contributed by atoms with Gasteiger partial charge in [0.05, 0.1) is 17.0 Å². The third kappa shape index (κ3) is 3.86. The van der Waals surface area contributed by atoms with Gasteiger partial charge in [-0.1, -0.05) is 18.0 Å². The lowest BCUT2D eigenvalue weighted by molar-refractivity contribution is 0.0917. The van der Waals surface area contributed by atoms with E-state index in [4.69, 9.17) is 9.26 Å². The molecular formula is C18H22BrN3O3. The largest absolute Gasteiger partial charge is 0.444 e. The van der Waals surface area contributed by atoms with Crippen LogP contribution in [0.3, 0.4) is 0 Å². The number of carbonyl (C=O) groups is 1. The number of halogens is 1. The molecule has 2 aromatic rings. The minimum Gasteiger partial charge on any atom is -0.444 e. The molecule has 0 unspecified atom stereocenters. The lowest BCUT2D eigenvalue weighted by Gasteiger charge is -2.23. The summed E-state index contributed by atoms with van der Waals surface area (Å²) in [6, 6.07) is 4.05. The Kier molecular flexibility index (Phi) is 5.42. The van der Waals surface area contributed by atoms with E-state index in [0.717, 1.165) is 28.6 Å². The van der Waals surface area contributed by atoms with Crippen molar-refractivity contribution >= 4 is 22.0 Å². The van der Waals surface area contributed by atoms with Gasteiger partial charge in [-0.15, -0.1) is 0 Å². The monoisotopic (exact) mass is 407 g/mol. The predicted molar refractivity (Wildman–Crippen MR) is 97.1 cm³/mol. The van der Waals surface area contributed by atoms with Gasteiger partial charge >= 0.3 is 6.09 Å². The van der Waals surface area contributed by atoms with E-state index in [1.54, 1.807) is 11.9 Å². The first kappa shape index (κ1) is 17.9. The summed E-state index contributed by atoms with van der Waals surface area (Å²) in [6.07, 6.45) is 4.13. The molecule has 0 spiro atoms. The van der Waals surface area contributed by atoms with Crippen molar-refractivity contribution in [1.82, 2.24) is 15.0 Å². The van der Waals surface area contributed by atoms with Crippen LogP contribution in [0.2, 0.25) is 0 Å². The van der Waals surface area contributed by atoms with E-state index in [-0.39, 0.29) is 18.7 Å². The molecule has 0 atom stereocenters. The molecule has 0 saturated heterocycles. The molecule has 1 amide bonds. The molecule has 0 radical (unpaired) electrons. The van der Waals surface area contributed by atoms with Gasteiger partial charge in [0.2, 0.25) is 0 Å². The van der Waals surface area contributed by atoms with Crippen LogP contribution in [0, 0.1) is 13.8 Å². The lowest BCUT2D eigenvalue weighted by Crippen LogP contribution is -2.35.